The van der Waals surface area contributed by atoms with Gasteiger partial charge < -0.3 is 15.1 Å². The molecular formula is C21H25F2NO4. The number of hydrogen-bond acceptors (Lipinski definition) is 3. The van der Waals surface area contributed by atoms with Crippen molar-refractivity contribution in [1.29, 1.82) is 0 Å². The molecule has 1 aliphatic heterocycles. The van der Waals surface area contributed by atoms with Gasteiger partial charge in [-0.3, -0.25) is 9.59 Å². The summed E-state index contributed by atoms with van der Waals surface area (Å²) in [6, 6.07) is 3.39. The Labute approximate surface area is 163 Å². The molecule has 1 saturated heterocycles. The largest absolute Gasteiger partial charge is 0.481 e. The van der Waals surface area contributed by atoms with Crippen LogP contribution < -0.4 is 0 Å². The van der Waals surface area contributed by atoms with Crippen LogP contribution in [0.25, 0.3) is 0 Å². The van der Waals surface area contributed by atoms with Crippen molar-refractivity contribution in [1.82, 2.24) is 4.90 Å². The van der Waals surface area contributed by atoms with Crippen LogP contribution in [0.15, 0.2) is 42.5 Å². The number of aliphatic hydroxyl groups is 1. The van der Waals surface area contributed by atoms with Crippen molar-refractivity contribution < 1.29 is 28.6 Å². The summed E-state index contributed by atoms with van der Waals surface area (Å²) in [4.78, 5) is 24.2. The van der Waals surface area contributed by atoms with E-state index in [1.807, 2.05) is 12.2 Å². The smallest absolute Gasteiger partial charge is 0.303 e. The standard InChI is InChI=1S/C21H25F2NO4/c22-18-10-6-15(14-19(18)23)13-17(25)9-7-16-8-11-20(26)24(16)12-4-2-1-3-5-21(27)28/h2,4,6-7,9-10,14,16-17,25H,1,3,5,8,11-13H2,(H,27,28)/b4-2+,9-7+/t16-,17+/m0/s1. The van der Waals surface area contributed by atoms with Crippen molar-refractivity contribution in [3.05, 3.63) is 59.7 Å². The molecular weight excluding hydrogens is 368 g/mol. The summed E-state index contributed by atoms with van der Waals surface area (Å²) in [7, 11) is 0. The van der Waals surface area contributed by atoms with Crippen LogP contribution in [0.4, 0.5) is 8.78 Å². The van der Waals surface area contributed by atoms with Crippen LogP contribution in [0, 0.1) is 11.6 Å². The fraction of sp³-hybridized carbons (Fsp3) is 0.429. The van der Waals surface area contributed by atoms with Crippen LogP contribution in [0.2, 0.25) is 0 Å². The molecule has 2 rings (SSSR count). The van der Waals surface area contributed by atoms with Crippen molar-refractivity contribution in [3.8, 4) is 0 Å². The number of rotatable bonds is 10. The molecule has 7 heteroatoms. The number of allylic oxidation sites excluding steroid dienone is 1. The molecule has 0 aliphatic carbocycles. The van der Waals surface area contributed by atoms with E-state index in [9.17, 15) is 23.5 Å². The number of unbranched alkanes of at least 4 members (excludes halogenated alkanes) is 1. The maximum atomic E-state index is 13.2. The molecule has 0 unspecified atom stereocenters. The van der Waals surface area contributed by atoms with Gasteiger partial charge in [-0.05, 0) is 37.0 Å². The minimum atomic E-state index is -0.948. The molecule has 0 aromatic heterocycles. The first-order valence-electron chi connectivity index (χ1n) is 9.33. The summed E-state index contributed by atoms with van der Waals surface area (Å²) in [6.07, 6.45) is 8.75. The van der Waals surface area contributed by atoms with Gasteiger partial charge in [-0.25, -0.2) is 8.78 Å². The third-order valence-electron chi connectivity index (χ3n) is 4.59. The minimum absolute atomic E-state index is 0.0277. The molecule has 152 valence electrons. The molecule has 0 spiro atoms. The van der Waals surface area contributed by atoms with E-state index < -0.39 is 23.7 Å². The lowest BCUT2D eigenvalue weighted by atomic mass is 10.1. The van der Waals surface area contributed by atoms with Crippen LogP contribution in [0.3, 0.4) is 0 Å². The second kappa shape index (κ2) is 10.7. The molecule has 1 heterocycles. The van der Waals surface area contributed by atoms with Crippen LogP contribution in [0.5, 0.6) is 0 Å². The summed E-state index contributed by atoms with van der Waals surface area (Å²) < 4.78 is 26.2. The summed E-state index contributed by atoms with van der Waals surface area (Å²) in [5.74, 6) is -2.67. The second-order valence-corrected chi connectivity index (χ2v) is 6.81. The molecule has 2 atom stereocenters. The highest BCUT2D eigenvalue weighted by molar-refractivity contribution is 5.79. The van der Waals surface area contributed by atoms with Gasteiger partial charge in [-0.1, -0.05) is 30.4 Å². The average molecular weight is 393 g/mol. The molecule has 1 aromatic carbocycles. The fourth-order valence-electron chi connectivity index (χ4n) is 3.10. The lowest BCUT2D eigenvalue weighted by Gasteiger charge is -2.21. The van der Waals surface area contributed by atoms with Crippen molar-refractivity contribution >= 4 is 11.9 Å². The van der Waals surface area contributed by atoms with Gasteiger partial charge in [-0.2, -0.15) is 0 Å². The lowest BCUT2D eigenvalue weighted by Crippen LogP contribution is -2.32. The number of nitrogens with zero attached hydrogens (tertiary/aromatic N) is 1. The lowest BCUT2D eigenvalue weighted by molar-refractivity contribution is -0.137. The Balaban J connectivity index is 1.84. The molecule has 0 bridgehead atoms. The summed E-state index contributed by atoms with van der Waals surface area (Å²) in [5.41, 5.74) is 0.486. The fourth-order valence-corrected chi connectivity index (χ4v) is 3.10. The van der Waals surface area contributed by atoms with E-state index in [1.165, 1.54) is 6.07 Å². The SMILES string of the molecule is O=C(O)CCC/C=C/CN1C(=O)CC[C@@H]1/C=C/[C@@H](O)Cc1ccc(F)c(F)c1. The van der Waals surface area contributed by atoms with Gasteiger partial charge in [0.2, 0.25) is 5.91 Å². The maximum absolute atomic E-state index is 13.2. The van der Waals surface area contributed by atoms with Gasteiger partial charge in [0.25, 0.3) is 0 Å². The Kier molecular flexibility index (Phi) is 8.32. The van der Waals surface area contributed by atoms with Crippen molar-refractivity contribution in [3.63, 3.8) is 0 Å². The maximum Gasteiger partial charge on any atom is 0.303 e. The first kappa shape index (κ1) is 21.8. The van der Waals surface area contributed by atoms with Gasteiger partial charge in [-0.15, -0.1) is 0 Å². The highest BCUT2D eigenvalue weighted by Crippen LogP contribution is 2.20. The van der Waals surface area contributed by atoms with Crippen LogP contribution >= 0.6 is 0 Å². The molecule has 5 nitrogen and oxygen atoms in total. The quantitative estimate of drug-likeness (QED) is 0.473. The minimum Gasteiger partial charge on any atom is -0.481 e. The van der Waals surface area contributed by atoms with Crippen molar-refractivity contribution in [2.75, 3.05) is 6.54 Å². The summed E-state index contributed by atoms with van der Waals surface area (Å²) >= 11 is 0. The van der Waals surface area contributed by atoms with E-state index >= 15 is 0 Å². The number of likely N-dealkylation sites (tertiary alicyclic amines) is 1. The zero-order valence-electron chi connectivity index (χ0n) is 15.6. The Hall–Kier alpha value is -2.54. The molecule has 28 heavy (non-hydrogen) atoms. The average Bonchev–Trinajstić information content (AvgIpc) is 2.99. The Morgan fingerprint density at radius 3 is 2.79 bits per heavy atom. The number of halogens is 2. The first-order chi connectivity index (χ1) is 13.4. The third-order valence-corrected chi connectivity index (χ3v) is 4.59. The Morgan fingerprint density at radius 2 is 2.07 bits per heavy atom. The molecule has 1 aromatic rings. The van der Waals surface area contributed by atoms with E-state index in [1.54, 1.807) is 17.1 Å². The van der Waals surface area contributed by atoms with Gasteiger partial charge in [0.15, 0.2) is 11.6 Å². The van der Waals surface area contributed by atoms with E-state index in [-0.39, 0.29) is 24.8 Å². The zero-order valence-corrected chi connectivity index (χ0v) is 15.6. The van der Waals surface area contributed by atoms with Gasteiger partial charge in [0, 0.05) is 25.8 Å². The van der Waals surface area contributed by atoms with E-state index in [0.29, 0.717) is 37.8 Å². The molecule has 0 saturated carbocycles. The number of aliphatic hydroxyl groups excluding tert-OH is 1. The molecule has 1 aliphatic rings. The third kappa shape index (κ3) is 6.88. The normalized spacial score (nSPS) is 18.5. The number of aliphatic carboxylic acids is 1. The van der Waals surface area contributed by atoms with Crippen LogP contribution in [-0.2, 0) is 16.0 Å². The van der Waals surface area contributed by atoms with Crippen molar-refractivity contribution in [2.24, 2.45) is 0 Å². The van der Waals surface area contributed by atoms with Gasteiger partial charge >= 0.3 is 5.97 Å². The molecule has 2 N–H and O–H groups in total. The van der Waals surface area contributed by atoms with E-state index in [0.717, 1.165) is 12.1 Å². The second-order valence-electron chi connectivity index (χ2n) is 6.81. The Bertz CT molecular complexity index is 748. The Morgan fingerprint density at radius 1 is 1.29 bits per heavy atom. The number of carbonyl (C=O) groups is 2. The number of carboxylic acid groups (broad SMARTS) is 1. The van der Waals surface area contributed by atoms with Gasteiger partial charge in [0.05, 0.1) is 12.1 Å². The van der Waals surface area contributed by atoms with Crippen LogP contribution in [-0.4, -0.2) is 45.7 Å². The number of benzene rings is 1. The predicted molar refractivity (Wildman–Crippen MR) is 101 cm³/mol. The number of hydrogen-bond donors (Lipinski definition) is 2. The summed E-state index contributed by atoms with van der Waals surface area (Å²) in [5, 5.41) is 18.7. The number of amides is 1. The van der Waals surface area contributed by atoms with Gasteiger partial charge in [0.1, 0.15) is 0 Å². The van der Waals surface area contributed by atoms with Crippen LogP contribution in [0.1, 0.15) is 37.7 Å². The zero-order chi connectivity index (χ0) is 20.5. The first-order valence-corrected chi connectivity index (χ1v) is 9.33. The van der Waals surface area contributed by atoms with Crippen molar-refractivity contribution in [2.45, 2.75) is 50.7 Å². The molecule has 1 fully saturated rings. The van der Waals surface area contributed by atoms with E-state index in [4.69, 9.17) is 5.11 Å². The summed E-state index contributed by atoms with van der Waals surface area (Å²) in [6.45, 7) is 0.431. The monoisotopic (exact) mass is 393 g/mol. The van der Waals surface area contributed by atoms with E-state index in [2.05, 4.69) is 0 Å². The number of carbonyl (C=O) groups excluding carboxylic acids is 1. The molecule has 1 amide bonds. The highest BCUT2D eigenvalue weighted by atomic mass is 19.2. The topological polar surface area (TPSA) is 77.8 Å². The molecule has 0 radical (unpaired) electrons. The highest BCUT2D eigenvalue weighted by Gasteiger charge is 2.28. The predicted octanol–water partition coefficient (Wildman–Crippen LogP) is 3.23. The number of carboxylic acids is 1.